The molecule has 1 heterocycles. The molecule has 2 aliphatic rings. The van der Waals surface area contributed by atoms with Gasteiger partial charge in [0.2, 0.25) is 0 Å². The van der Waals surface area contributed by atoms with Gasteiger partial charge in [-0.3, -0.25) is 9.59 Å². The van der Waals surface area contributed by atoms with Gasteiger partial charge in [-0.25, -0.2) is 0 Å². The van der Waals surface area contributed by atoms with E-state index in [9.17, 15) is 9.59 Å². The average molecular weight is 334 g/mol. The average Bonchev–Trinajstić information content (AvgIpc) is 3.22. The van der Waals surface area contributed by atoms with Crippen molar-refractivity contribution in [2.45, 2.75) is 31.8 Å². The molecule has 1 N–H and O–H groups in total. The number of aryl methyl sites for hydroxylation is 1. The summed E-state index contributed by atoms with van der Waals surface area (Å²) in [7, 11) is 0. The Balaban J connectivity index is 1.41. The standard InChI is InChI=1S/C21H22N2O2/c1-14-7-5-6-10-18(14)21(25)23-13-16-11-17(23)12-19(16)22-20(24)15-8-3-2-4-9-15/h2-10,16-17,19H,11-13H2,1H3,(H,22,24)/t16-,17-,19-/m0/s1. The van der Waals surface area contributed by atoms with Crippen LogP contribution < -0.4 is 5.32 Å². The Morgan fingerprint density at radius 2 is 1.72 bits per heavy atom. The fourth-order valence-electron chi connectivity index (χ4n) is 4.19. The van der Waals surface area contributed by atoms with Crippen molar-refractivity contribution >= 4 is 11.8 Å². The van der Waals surface area contributed by atoms with Crippen LogP contribution in [0.4, 0.5) is 0 Å². The van der Waals surface area contributed by atoms with Gasteiger partial charge in [0.25, 0.3) is 11.8 Å². The van der Waals surface area contributed by atoms with Crippen LogP contribution in [0.2, 0.25) is 0 Å². The Bertz CT molecular complexity index is 803. The molecule has 2 bridgehead atoms. The molecule has 128 valence electrons. The first-order valence-corrected chi connectivity index (χ1v) is 8.86. The molecule has 0 radical (unpaired) electrons. The summed E-state index contributed by atoms with van der Waals surface area (Å²) in [5.74, 6) is 0.457. The fourth-order valence-corrected chi connectivity index (χ4v) is 4.19. The molecule has 25 heavy (non-hydrogen) atoms. The smallest absolute Gasteiger partial charge is 0.254 e. The summed E-state index contributed by atoms with van der Waals surface area (Å²) in [6.45, 7) is 2.71. The van der Waals surface area contributed by atoms with Crippen molar-refractivity contribution < 1.29 is 9.59 Å². The van der Waals surface area contributed by atoms with Crippen LogP contribution in [0.25, 0.3) is 0 Å². The van der Waals surface area contributed by atoms with Crippen molar-refractivity contribution in [1.82, 2.24) is 10.2 Å². The second-order valence-corrected chi connectivity index (χ2v) is 7.10. The summed E-state index contributed by atoms with van der Waals surface area (Å²) >= 11 is 0. The minimum absolute atomic E-state index is 0.0186. The van der Waals surface area contributed by atoms with Gasteiger partial charge in [-0.1, -0.05) is 36.4 Å². The van der Waals surface area contributed by atoms with Crippen molar-refractivity contribution in [3.63, 3.8) is 0 Å². The Morgan fingerprint density at radius 3 is 2.40 bits per heavy atom. The van der Waals surface area contributed by atoms with E-state index in [2.05, 4.69) is 5.32 Å². The van der Waals surface area contributed by atoms with Gasteiger partial charge < -0.3 is 10.2 Å². The van der Waals surface area contributed by atoms with E-state index >= 15 is 0 Å². The second kappa shape index (κ2) is 6.36. The molecule has 1 aliphatic carbocycles. The molecule has 4 nitrogen and oxygen atoms in total. The summed E-state index contributed by atoms with van der Waals surface area (Å²) in [5.41, 5.74) is 2.50. The summed E-state index contributed by atoms with van der Waals surface area (Å²) in [5, 5.41) is 3.16. The Labute approximate surface area is 147 Å². The molecule has 4 heteroatoms. The van der Waals surface area contributed by atoms with Crippen molar-refractivity contribution in [1.29, 1.82) is 0 Å². The molecule has 0 unspecified atom stereocenters. The van der Waals surface area contributed by atoms with Crippen LogP contribution in [-0.4, -0.2) is 35.3 Å². The van der Waals surface area contributed by atoms with Gasteiger partial charge in [0.1, 0.15) is 0 Å². The zero-order valence-electron chi connectivity index (χ0n) is 14.3. The minimum atomic E-state index is -0.0186. The molecule has 4 rings (SSSR count). The summed E-state index contributed by atoms with van der Waals surface area (Å²) in [4.78, 5) is 27.2. The monoisotopic (exact) mass is 334 g/mol. The fraction of sp³-hybridized carbons (Fsp3) is 0.333. The maximum atomic E-state index is 12.8. The molecule has 0 spiro atoms. The highest BCUT2D eigenvalue weighted by Gasteiger charge is 2.47. The zero-order valence-corrected chi connectivity index (χ0v) is 14.3. The summed E-state index contributed by atoms with van der Waals surface area (Å²) in [6.07, 6.45) is 1.83. The van der Waals surface area contributed by atoms with Crippen LogP contribution in [0.5, 0.6) is 0 Å². The molecule has 2 amide bonds. The number of rotatable bonds is 3. The molecule has 0 aromatic heterocycles. The number of benzene rings is 2. The number of fused-ring (bicyclic) bond motifs is 2. The van der Waals surface area contributed by atoms with Gasteiger partial charge in [0, 0.05) is 29.8 Å². The van der Waals surface area contributed by atoms with Gasteiger partial charge in [0.15, 0.2) is 0 Å². The third kappa shape index (κ3) is 2.93. The van der Waals surface area contributed by atoms with E-state index in [1.165, 1.54) is 0 Å². The Morgan fingerprint density at radius 1 is 1.00 bits per heavy atom. The van der Waals surface area contributed by atoms with Crippen LogP contribution in [0.3, 0.4) is 0 Å². The number of hydrogen-bond donors (Lipinski definition) is 1. The third-order valence-electron chi connectivity index (χ3n) is 5.53. The number of amides is 2. The normalized spacial score (nSPS) is 24.4. The number of nitrogens with one attached hydrogen (secondary N) is 1. The Hall–Kier alpha value is -2.62. The third-order valence-corrected chi connectivity index (χ3v) is 5.53. The maximum absolute atomic E-state index is 12.8. The SMILES string of the molecule is Cc1ccccc1C(=O)N1C[C@@H]2C[C@H]1C[C@@H]2NC(=O)c1ccccc1. The van der Waals surface area contributed by atoms with Crippen molar-refractivity contribution in [2.24, 2.45) is 5.92 Å². The lowest BCUT2D eigenvalue weighted by Gasteiger charge is -2.32. The zero-order chi connectivity index (χ0) is 17.4. The molecule has 3 atom stereocenters. The predicted octanol–water partition coefficient (Wildman–Crippen LogP) is 3.03. The van der Waals surface area contributed by atoms with Crippen LogP contribution in [0.15, 0.2) is 54.6 Å². The van der Waals surface area contributed by atoms with Crippen LogP contribution in [0, 0.1) is 12.8 Å². The van der Waals surface area contributed by atoms with Crippen LogP contribution in [0.1, 0.15) is 39.1 Å². The lowest BCUT2D eigenvalue weighted by atomic mass is 10.0. The van der Waals surface area contributed by atoms with E-state index in [4.69, 9.17) is 0 Å². The van der Waals surface area contributed by atoms with E-state index in [-0.39, 0.29) is 23.9 Å². The number of nitrogens with zero attached hydrogens (tertiary/aromatic N) is 1. The van der Waals surface area contributed by atoms with E-state index in [1.54, 1.807) is 0 Å². The molecule has 1 aliphatic heterocycles. The number of carbonyl (C=O) groups is 2. The van der Waals surface area contributed by atoms with Crippen LogP contribution in [-0.2, 0) is 0 Å². The molecule has 2 aromatic carbocycles. The molecular weight excluding hydrogens is 312 g/mol. The quantitative estimate of drug-likeness (QED) is 0.938. The lowest BCUT2D eigenvalue weighted by Crippen LogP contribution is -2.47. The van der Waals surface area contributed by atoms with E-state index in [0.29, 0.717) is 11.5 Å². The highest BCUT2D eigenvalue weighted by molar-refractivity contribution is 5.96. The predicted molar refractivity (Wildman–Crippen MR) is 96.4 cm³/mol. The first-order chi connectivity index (χ1) is 12.1. The van der Waals surface area contributed by atoms with Crippen LogP contribution >= 0.6 is 0 Å². The maximum Gasteiger partial charge on any atom is 0.254 e. The van der Waals surface area contributed by atoms with E-state index < -0.39 is 0 Å². The molecule has 1 saturated carbocycles. The molecular formula is C21H22N2O2. The molecule has 1 saturated heterocycles. The number of hydrogen-bond acceptors (Lipinski definition) is 2. The largest absolute Gasteiger partial charge is 0.349 e. The Kier molecular flexibility index (Phi) is 4.04. The van der Waals surface area contributed by atoms with Crippen molar-refractivity contribution in [3.05, 3.63) is 71.3 Å². The molecule has 2 fully saturated rings. The van der Waals surface area contributed by atoms with Gasteiger partial charge in [-0.15, -0.1) is 0 Å². The highest BCUT2D eigenvalue weighted by atomic mass is 16.2. The summed E-state index contributed by atoms with van der Waals surface area (Å²) < 4.78 is 0. The van der Waals surface area contributed by atoms with Gasteiger partial charge in [0.05, 0.1) is 0 Å². The number of carbonyl (C=O) groups excluding carboxylic acids is 2. The van der Waals surface area contributed by atoms with Gasteiger partial charge in [-0.2, -0.15) is 0 Å². The number of piperidine rings is 1. The summed E-state index contributed by atoms with van der Waals surface area (Å²) in [6, 6.07) is 17.5. The van der Waals surface area contributed by atoms with Crippen molar-refractivity contribution in [3.8, 4) is 0 Å². The highest BCUT2D eigenvalue weighted by Crippen LogP contribution is 2.39. The lowest BCUT2D eigenvalue weighted by molar-refractivity contribution is 0.0679. The van der Waals surface area contributed by atoms with Gasteiger partial charge >= 0.3 is 0 Å². The van der Waals surface area contributed by atoms with E-state index in [0.717, 1.165) is 30.5 Å². The molecule has 2 aromatic rings. The second-order valence-electron chi connectivity index (χ2n) is 7.10. The number of likely N-dealkylation sites (tertiary alicyclic amines) is 1. The van der Waals surface area contributed by atoms with Crippen molar-refractivity contribution in [2.75, 3.05) is 6.54 Å². The van der Waals surface area contributed by atoms with E-state index in [1.807, 2.05) is 66.4 Å². The minimum Gasteiger partial charge on any atom is -0.349 e. The topological polar surface area (TPSA) is 49.4 Å². The first kappa shape index (κ1) is 15.9. The first-order valence-electron chi connectivity index (χ1n) is 8.86. The van der Waals surface area contributed by atoms with Gasteiger partial charge in [-0.05, 0) is 49.4 Å².